The average Bonchev–Trinajstić information content (AvgIpc) is 2.76. The third-order valence-corrected chi connectivity index (χ3v) is 3.30. The molecule has 1 unspecified atom stereocenters. The summed E-state index contributed by atoms with van der Waals surface area (Å²) in [6.07, 6.45) is 5.62. The minimum atomic E-state index is 0.658. The van der Waals surface area contributed by atoms with E-state index in [0.29, 0.717) is 6.04 Å². The third kappa shape index (κ3) is 2.19. The van der Waals surface area contributed by atoms with Crippen LogP contribution in [0.5, 0.6) is 5.19 Å². The molecule has 1 aromatic rings. The number of aromatic nitrogens is 1. The minimum absolute atomic E-state index is 0.658. The Morgan fingerprint density at radius 2 is 2.69 bits per heavy atom. The van der Waals surface area contributed by atoms with E-state index in [9.17, 15) is 0 Å². The lowest BCUT2D eigenvalue weighted by atomic mass is 10.1. The fraction of sp³-hybridized carbons (Fsp3) is 0.667. The van der Waals surface area contributed by atoms with Crippen LogP contribution in [0.1, 0.15) is 17.7 Å². The summed E-state index contributed by atoms with van der Waals surface area (Å²) in [7, 11) is 1.66. The molecule has 0 bridgehead atoms. The van der Waals surface area contributed by atoms with Crippen LogP contribution in [-0.2, 0) is 6.42 Å². The summed E-state index contributed by atoms with van der Waals surface area (Å²) in [5, 5.41) is 4.24. The van der Waals surface area contributed by atoms with Crippen molar-refractivity contribution in [3.05, 3.63) is 11.1 Å². The third-order valence-electron chi connectivity index (χ3n) is 2.32. The maximum atomic E-state index is 5.05. The standard InChI is InChI=1S/C9H14N2OS/c1-12-9-11-6-8(13-9)5-7-3-2-4-10-7/h6-7,10H,2-5H2,1H3. The van der Waals surface area contributed by atoms with E-state index in [4.69, 9.17) is 4.74 Å². The number of nitrogens with zero attached hydrogens (tertiary/aromatic N) is 1. The van der Waals surface area contributed by atoms with Crippen LogP contribution in [0.25, 0.3) is 0 Å². The Morgan fingerprint density at radius 1 is 1.77 bits per heavy atom. The van der Waals surface area contributed by atoms with Gasteiger partial charge < -0.3 is 10.1 Å². The maximum absolute atomic E-state index is 5.05. The zero-order chi connectivity index (χ0) is 9.10. The molecule has 13 heavy (non-hydrogen) atoms. The fourth-order valence-corrected chi connectivity index (χ4v) is 2.46. The van der Waals surface area contributed by atoms with Crippen molar-refractivity contribution < 1.29 is 4.74 Å². The van der Waals surface area contributed by atoms with Gasteiger partial charge >= 0.3 is 0 Å². The van der Waals surface area contributed by atoms with E-state index in [1.807, 2.05) is 6.20 Å². The van der Waals surface area contributed by atoms with E-state index in [1.54, 1.807) is 18.4 Å². The molecule has 1 N–H and O–H groups in total. The molecule has 3 nitrogen and oxygen atoms in total. The van der Waals surface area contributed by atoms with E-state index in [0.717, 1.165) is 11.6 Å². The van der Waals surface area contributed by atoms with Crippen molar-refractivity contribution in [2.75, 3.05) is 13.7 Å². The maximum Gasteiger partial charge on any atom is 0.273 e. The molecule has 0 aliphatic carbocycles. The smallest absolute Gasteiger partial charge is 0.273 e. The average molecular weight is 198 g/mol. The van der Waals surface area contributed by atoms with Gasteiger partial charge in [0.25, 0.3) is 5.19 Å². The van der Waals surface area contributed by atoms with Gasteiger partial charge in [-0.25, -0.2) is 4.98 Å². The van der Waals surface area contributed by atoms with Crippen molar-refractivity contribution in [2.24, 2.45) is 0 Å². The lowest BCUT2D eigenvalue weighted by Crippen LogP contribution is -2.23. The van der Waals surface area contributed by atoms with Crippen LogP contribution in [0.15, 0.2) is 6.20 Å². The molecular weight excluding hydrogens is 184 g/mol. The zero-order valence-corrected chi connectivity index (χ0v) is 8.56. The zero-order valence-electron chi connectivity index (χ0n) is 7.75. The molecule has 1 aliphatic heterocycles. The van der Waals surface area contributed by atoms with E-state index >= 15 is 0 Å². The summed E-state index contributed by atoms with van der Waals surface area (Å²) in [4.78, 5) is 5.46. The number of hydrogen-bond donors (Lipinski definition) is 1. The van der Waals surface area contributed by atoms with Gasteiger partial charge in [-0.05, 0) is 25.8 Å². The molecule has 2 heterocycles. The first-order valence-electron chi connectivity index (χ1n) is 4.60. The SMILES string of the molecule is COc1ncc(CC2CCCN2)s1. The van der Waals surface area contributed by atoms with Gasteiger partial charge in [0.1, 0.15) is 0 Å². The summed E-state index contributed by atoms with van der Waals surface area (Å²) in [6, 6.07) is 0.658. The molecule has 1 aromatic heterocycles. The second-order valence-electron chi connectivity index (χ2n) is 3.29. The predicted octanol–water partition coefficient (Wildman–Crippen LogP) is 1.45. The molecule has 0 spiro atoms. The van der Waals surface area contributed by atoms with Gasteiger partial charge in [-0.1, -0.05) is 11.3 Å². The van der Waals surface area contributed by atoms with Crippen LogP contribution in [0.2, 0.25) is 0 Å². The van der Waals surface area contributed by atoms with Crippen molar-refractivity contribution in [1.29, 1.82) is 0 Å². The number of thiazole rings is 1. The van der Waals surface area contributed by atoms with Crippen LogP contribution in [0, 0.1) is 0 Å². The fourth-order valence-electron chi connectivity index (χ4n) is 1.65. The van der Waals surface area contributed by atoms with Crippen molar-refractivity contribution in [1.82, 2.24) is 10.3 Å². The Morgan fingerprint density at radius 3 is 3.31 bits per heavy atom. The highest BCUT2D eigenvalue weighted by atomic mass is 32.1. The number of nitrogens with one attached hydrogen (secondary N) is 1. The number of methoxy groups -OCH3 is 1. The summed E-state index contributed by atoms with van der Waals surface area (Å²) in [5.41, 5.74) is 0. The van der Waals surface area contributed by atoms with Gasteiger partial charge in [0.05, 0.1) is 7.11 Å². The summed E-state index contributed by atoms with van der Waals surface area (Å²) >= 11 is 1.65. The van der Waals surface area contributed by atoms with E-state index < -0.39 is 0 Å². The minimum Gasteiger partial charge on any atom is -0.473 e. The van der Waals surface area contributed by atoms with Gasteiger partial charge in [0.2, 0.25) is 0 Å². The van der Waals surface area contributed by atoms with Gasteiger partial charge in [-0.3, -0.25) is 0 Å². The topological polar surface area (TPSA) is 34.1 Å². The largest absolute Gasteiger partial charge is 0.473 e. The summed E-state index contributed by atoms with van der Waals surface area (Å²) in [5.74, 6) is 0. The van der Waals surface area contributed by atoms with Crippen LogP contribution in [-0.4, -0.2) is 24.7 Å². The Kier molecular flexibility index (Phi) is 2.80. The Hall–Kier alpha value is -0.610. The Bertz CT molecular complexity index is 268. The quantitative estimate of drug-likeness (QED) is 0.798. The van der Waals surface area contributed by atoms with Crippen molar-refractivity contribution in [3.63, 3.8) is 0 Å². The van der Waals surface area contributed by atoms with Crippen molar-refractivity contribution >= 4 is 11.3 Å². The number of ether oxygens (including phenoxy) is 1. The molecule has 4 heteroatoms. The first-order valence-corrected chi connectivity index (χ1v) is 5.42. The highest BCUT2D eigenvalue weighted by molar-refractivity contribution is 7.13. The number of rotatable bonds is 3. The van der Waals surface area contributed by atoms with Crippen LogP contribution >= 0.6 is 11.3 Å². The molecule has 0 amide bonds. The first kappa shape index (κ1) is 8.97. The molecule has 1 atom stereocenters. The van der Waals surface area contributed by atoms with Crippen LogP contribution in [0.4, 0.5) is 0 Å². The molecule has 0 radical (unpaired) electrons. The Labute approximate surface area is 82.1 Å². The molecule has 2 rings (SSSR count). The van der Waals surface area contributed by atoms with E-state index in [-0.39, 0.29) is 0 Å². The Balaban J connectivity index is 1.92. The van der Waals surface area contributed by atoms with Crippen LogP contribution in [0.3, 0.4) is 0 Å². The number of hydrogen-bond acceptors (Lipinski definition) is 4. The lowest BCUT2D eigenvalue weighted by molar-refractivity contribution is 0.412. The summed E-state index contributed by atoms with van der Waals surface area (Å²) in [6.45, 7) is 1.17. The molecule has 1 fully saturated rings. The second-order valence-corrected chi connectivity index (χ2v) is 4.37. The molecule has 0 aromatic carbocycles. The van der Waals surface area contributed by atoms with E-state index in [2.05, 4.69) is 10.3 Å². The normalized spacial score (nSPS) is 22.1. The van der Waals surface area contributed by atoms with Gasteiger partial charge in [0, 0.05) is 17.1 Å². The highest BCUT2D eigenvalue weighted by Crippen LogP contribution is 2.22. The molecule has 1 aliphatic rings. The molecular formula is C9H14N2OS. The molecule has 72 valence electrons. The second kappa shape index (κ2) is 4.07. The molecule has 1 saturated heterocycles. The lowest BCUT2D eigenvalue weighted by Gasteiger charge is -2.06. The van der Waals surface area contributed by atoms with Crippen molar-refractivity contribution in [3.8, 4) is 5.19 Å². The first-order chi connectivity index (χ1) is 6.38. The predicted molar refractivity (Wildman–Crippen MR) is 53.4 cm³/mol. The monoisotopic (exact) mass is 198 g/mol. The van der Waals surface area contributed by atoms with Crippen LogP contribution < -0.4 is 10.1 Å². The summed E-state index contributed by atoms with van der Waals surface area (Å²) < 4.78 is 5.05. The highest BCUT2D eigenvalue weighted by Gasteiger charge is 2.15. The molecule has 0 saturated carbocycles. The van der Waals surface area contributed by atoms with Crippen molar-refractivity contribution in [2.45, 2.75) is 25.3 Å². The van der Waals surface area contributed by atoms with Gasteiger partial charge in [0.15, 0.2) is 0 Å². The van der Waals surface area contributed by atoms with E-state index in [1.165, 1.54) is 24.3 Å². The van der Waals surface area contributed by atoms with Gasteiger partial charge in [-0.15, -0.1) is 0 Å². The van der Waals surface area contributed by atoms with Gasteiger partial charge in [-0.2, -0.15) is 0 Å².